The zero-order chi connectivity index (χ0) is 16.6. The molecule has 1 atom stereocenters. The van der Waals surface area contributed by atoms with Gasteiger partial charge in [-0.25, -0.2) is 4.68 Å². The second-order valence-electron chi connectivity index (χ2n) is 6.80. The molecule has 0 spiro atoms. The zero-order valence-electron chi connectivity index (χ0n) is 13.6. The zero-order valence-corrected chi connectivity index (χ0v) is 14.4. The summed E-state index contributed by atoms with van der Waals surface area (Å²) in [5, 5.41) is 7.57. The van der Waals surface area contributed by atoms with Crippen molar-refractivity contribution in [3.63, 3.8) is 0 Å². The summed E-state index contributed by atoms with van der Waals surface area (Å²) < 4.78 is 13.6. The molecule has 0 bridgehead atoms. The van der Waals surface area contributed by atoms with Crippen LogP contribution in [0.3, 0.4) is 0 Å². The fourth-order valence-corrected chi connectivity index (χ4v) is 3.96. The van der Waals surface area contributed by atoms with Crippen LogP contribution in [-0.2, 0) is 39.1 Å². The molecule has 122 valence electrons. The molecule has 2 heterocycles. The van der Waals surface area contributed by atoms with E-state index in [1.54, 1.807) is 0 Å². The molecular formula is C17H21N3O2S. The molecule has 0 aliphatic carbocycles. The van der Waals surface area contributed by atoms with E-state index in [2.05, 4.69) is 10.4 Å². The van der Waals surface area contributed by atoms with Crippen molar-refractivity contribution in [2.75, 3.05) is 5.32 Å². The molecule has 1 amide bonds. The number of carbonyl (C=O) groups excluding carboxylic acids is 1. The molecule has 0 fully saturated rings. The number of nitrogens with zero attached hydrogens (tertiary/aromatic N) is 2. The summed E-state index contributed by atoms with van der Waals surface area (Å²) in [6.45, 7) is 6.12. The van der Waals surface area contributed by atoms with E-state index in [9.17, 15) is 9.00 Å². The number of hydrogen-bond donors (Lipinski definition) is 1. The fourth-order valence-electron chi connectivity index (χ4n) is 2.70. The Kier molecular flexibility index (Phi) is 4.10. The van der Waals surface area contributed by atoms with Crippen LogP contribution in [0, 0.1) is 0 Å². The van der Waals surface area contributed by atoms with Crippen LogP contribution < -0.4 is 5.32 Å². The molecule has 0 saturated carbocycles. The maximum Gasteiger partial charge on any atom is 0.229 e. The second-order valence-corrected chi connectivity index (χ2v) is 8.25. The summed E-state index contributed by atoms with van der Waals surface area (Å²) in [5.74, 6) is 1.55. The summed E-state index contributed by atoms with van der Waals surface area (Å²) in [6, 6.07) is 9.63. The molecule has 23 heavy (non-hydrogen) atoms. The summed E-state index contributed by atoms with van der Waals surface area (Å²) in [6.07, 6.45) is 0.314. The number of anilines is 1. The minimum absolute atomic E-state index is 0.0814. The summed E-state index contributed by atoms with van der Waals surface area (Å²) >= 11 is 0. The van der Waals surface area contributed by atoms with Crippen molar-refractivity contribution >= 4 is 22.5 Å². The lowest BCUT2D eigenvalue weighted by molar-refractivity contribution is -0.115. The van der Waals surface area contributed by atoms with Gasteiger partial charge in [-0.3, -0.25) is 9.00 Å². The first-order valence-corrected chi connectivity index (χ1v) is 9.13. The van der Waals surface area contributed by atoms with E-state index in [0.717, 1.165) is 16.8 Å². The standard InChI is InChI=1S/C17H21N3O2S/c1-17(2,3)20-16(13-10-23(22)11-14(13)19-20)18-15(21)9-12-7-5-4-6-8-12/h4-8H,9-11H2,1-3H3,(H,18,21)/t23-/m0/s1. The normalized spacial score (nSPS) is 17.1. The van der Waals surface area contributed by atoms with Crippen LogP contribution in [0.15, 0.2) is 30.3 Å². The first-order chi connectivity index (χ1) is 10.8. The van der Waals surface area contributed by atoms with Gasteiger partial charge in [0.15, 0.2) is 0 Å². The number of rotatable bonds is 3. The van der Waals surface area contributed by atoms with Gasteiger partial charge < -0.3 is 5.32 Å². The molecular weight excluding hydrogens is 310 g/mol. The first kappa shape index (κ1) is 15.9. The smallest absolute Gasteiger partial charge is 0.229 e. The highest BCUT2D eigenvalue weighted by Crippen LogP contribution is 2.32. The van der Waals surface area contributed by atoms with Crippen molar-refractivity contribution in [3.05, 3.63) is 47.2 Å². The van der Waals surface area contributed by atoms with Crippen LogP contribution >= 0.6 is 0 Å². The van der Waals surface area contributed by atoms with E-state index in [1.807, 2.05) is 55.8 Å². The lowest BCUT2D eigenvalue weighted by atomic mass is 10.1. The highest BCUT2D eigenvalue weighted by Gasteiger charge is 2.31. The minimum atomic E-state index is -0.913. The van der Waals surface area contributed by atoms with Crippen LogP contribution in [0.1, 0.15) is 37.6 Å². The van der Waals surface area contributed by atoms with Gasteiger partial charge >= 0.3 is 0 Å². The maximum absolute atomic E-state index is 12.4. The molecule has 1 aliphatic heterocycles. The Hall–Kier alpha value is -1.95. The van der Waals surface area contributed by atoms with E-state index in [0.29, 0.717) is 23.7 Å². The Morgan fingerprint density at radius 3 is 2.61 bits per heavy atom. The van der Waals surface area contributed by atoms with Crippen molar-refractivity contribution in [1.29, 1.82) is 0 Å². The lowest BCUT2D eigenvalue weighted by Crippen LogP contribution is -2.28. The predicted molar refractivity (Wildman–Crippen MR) is 91.5 cm³/mol. The van der Waals surface area contributed by atoms with Gasteiger partial charge in [-0.1, -0.05) is 30.3 Å². The van der Waals surface area contributed by atoms with Gasteiger partial charge in [0.2, 0.25) is 5.91 Å². The van der Waals surface area contributed by atoms with E-state index >= 15 is 0 Å². The largest absolute Gasteiger partial charge is 0.310 e. The number of benzene rings is 1. The molecule has 1 aromatic heterocycles. The third-order valence-corrected chi connectivity index (χ3v) is 4.98. The minimum Gasteiger partial charge on any atom is -0.310 e. The van der Waals surface area contributed by atoms with Gasteiger partial charge in [0, 0.05) is 16.4 Å². The lowest BCUT2D eigenvalue weighted by Gasteiger charge is -2.23. The number of carbonyl (C=O) groups is 1. The average molecular weight is 331 g/mol. The van der Waals surface area contributed by atoms with Gasteiger partial charge in [0.25, 0.3) is 0 Å². The number of nitrogens with one attached hydrogen (secondary N) is 1. The molecule has 0 radical (unpaired) electrons. The summed E-state index contributed by atoms with van der Waals surface area (Å²) in [4.78, 5) is 12.4. The third kappa shape index (κ3) is 3.37. The molecule has 1 aromatic carbocycles. The SMILES string of the molecule is CC(C)(C)n1nc2c(c1NC(=O)Cc1ccccc1)C[S@](=O)C2. The van der Waals surface area contributed by atoms with Crippen LogP contribution in [0.2, 0.25) is 0 Å². The topological polar surface area (TPSA) is 64.0 Å². The molecule has 3 rings (SSSR count). The highest BCUT2D eigenvalue weighted by molar-refractivity contribution is 7.83. The van der Waals surface area contributed by atoms with Crippen molar-refractivity contribution in [3.8, 4) is 0 Å². The molecule has 5 nitrogen and oxygen atoms in total. The number of hydrogen-bond acceptors (Lipinski definition) is 3. The van der Waals surface area contributed by atoms with Crippen LogP contribution in [0.25, 0.3) is 0 Å². The molecule has 6 heteroatoms. The quantitative estimate of drug-likeness (QED) is 0.940. The van der Waals surface area contributed by atoms with Crippen LogP contribution in [0.4, 0.5) is 5.82 Å². The molecule has 2 aromatic rings. The van der Waals surface area contributed by atoms with Crippen molar-refractivity contribution in [2.45, 2.75) is 44.2 Å². The van der Waals surface area contributed by atoms with Crippen molar-refractivity contribution in [1.82, 2.24) is 9.78 Å². The van der Waals surface area contributed by atoms with E-state index in [1.165, 1.54) is 0 Å². The fraction of sp³-hybridized carbons (Fsp3) is 0.412. The van der Waals surface area contributed by atoms with Crippen molar-refractivity contribution < 1.29 is 9.00 Å². The van der Waals surface area contributed by atoms with Gasteiger partial charge in [0.05, 0.1) is 29.2 Å². The molecule has 1 N–H and O–H groups in total. The Balaban J connectivity index is 1.87. The molecule has 1 aliphatic rings. The number of aromatic nitrogens is 2. The Morgan fingerprint density at radius 1 is 1.26 bits per heavy atom. The van der Waals surface area contributed by atoms with Gasteiger partial charge in [-0.2, -0.15) is 5.10 Å². The summed E-state index contributed by atoms with van der Waals surface area (Å²) in [5.41, 5.74) is 2.47. The second kappa shape index (κ2) is 5.92. The maximum atomic E-state index is 12.4. The van der Waals surface area contributed by atoms with Gasteiger partial charge in [0.1, 0.15) is 5.82 Å². The average Bonchev–Trinajstić information content (AvgIpc) is 2.97. The Morgan fingerprint density at radius 2 is 1.96 bits per heavy atom. The van der Waals surface area contributed by atoms with E-state index in [4.69, 9.17) is 0 Å². The van der Waals surface area contributed by atoms with Gasteiger partial charge in [-0.15, -0.1) is 0 Å². The van der Waals surface area contributed by atoms with Crippen LogP contribution in [0.5, 0.6) is 0 Å². The molecule has 0 saturated heterocycles. The molecule has 0 unspecified atom stereocenters. The highest BCUT2D eigenvalue weighted by atomic mass is 32.2. The summed E-state index contributed by atoms with van der Waals surface area (Å²) in [7, 11) is -0.913. The van der Waals surface area contributed by atoms with Crippen LogP contribution in [-0.4, -0.2) is 19.9 Å². The van der Waals surface area contributed by atoms with E-state index in [-0.39, 0.29) is 11.4 Å². The predicted octanol–water partition coefficient (Wildman–Crippen LogP) is 2.58. The Bertz CT molecular complexity index is 760. The first-order valence-electron chi connectivity index (χ1n) is 7.64. The van der Waals surface area contributed by atoms with E-state index < -0.39 is 10.8 Å². The third-order valence-electron chi connectivity index (χ3n) is 3.77. The van der Waals surface area contributed by atoms with Crippen molar-refractivity contribution in [2.24, 2.45) is 0 Å². The Labute approximate surface area is 138 Å². The number of fused-ring (bicyclic) bond motifs is 1. The van der Waals surface area contributed by atoms with Gasteiger partial charge in [-0.05, 0) is 26.3 Å². The monoisotopic (exact) mass is 331 g/mol. The number of amides is 1.